The number of fused-ring (bicyclic) bond motifs is 1. The molecule has 0 unspecified atom stereocenters. The van der Waals surface area contributed by atoms with Gasteiger partial charge >= 0.3 is 17.9 Å². The Morgan fingerprint density at radius 1 is 0.974 bits per heavy atom. The number of hydrogen-bond donors (Lipinski definition) is 1. The van der Waals surface area contributed by atoms with Gasteiger partial charge in [0.2, 0.25) is 0 Å². The number of hydrogen-bond acceptors (Lipinski definition) is 10. The zero-order chi connectivity index (χ0) is 28.0. The number of esters is 3. The summed E-state index contributed by atoms with van der Waals surface area (Å²) in [6, 6.07) is 7.32. The van der Waals surface area contributed by atoms with Gasteiger partial charge in [0.1, 0.15) is 5.00 Å². The Hall–Kier alpha value is -3.99. The van der Waals surface area contributed by atoms with Crippen LogP contribution in [-0.2, 0) is 29.2 Å². The van der Waals surface area contributed by atoms with Gasteiger partial charge in [-0.15, -0.1) is 11.3 Å². The maximum atomic E-state index is 13.7. The molecule has 2 heterocycles. The molecule has 3 rings (SSSR count). The fourth-order valence-electron chi connectivity index (χ4n) is 3.54. The van der Waals surface area contributed by atoms with E-state index in [9.17, 15) is 19.2 Å². The van der Waals surface area contributed by atoms with E-state index in [-0.39, 0.29) is 47.3 Å². The Morgan fingerprint density at radius 3 is 2.08 bits per heavy atom. The number of thiophene rings is 1. The molecule has 0 atom stereocenters. The molecule has 0 aliphatic heterocycles. The highest BCUT2D eigenvalue weighted by molar-refractivity contribution is 7.16. The number of carbonyl (C=O) groups excluding carboxylic acids is 3. The molecule has 0 bridgehead atoms. The highest BCUT2D eigenvalue weighted by Gasteiger charge is 2.24. The van der Waals surface area contributed by atoms with Crippen LogP contribution < -0.4 is 10.9 Å². The topological polar surface area (TPSA) is 126 Å². The van der Waals surface area contributed by atoms with Gasteiger partial charge in [-0.1, -0.05) is 32.9 Å². The second-order valence-electron chi connectivity index (χ2n) is 9.08. The molecule has 10 nitrogen and oxygen atoms in total. The molecule has 3 aromatic rings. The number of benzene rings is 1. The molecule has 0 spiro atoms. The smallest absolute Gasteiger partial charge is 0.359 e. The van der Waals surface area contributed by atoms with Gasteiger partial charge in [0, 0.05) is 17.0 Å². The highest BCUT2D eigenvalue weighted by Crippen LogP contribution is 2.31. The van der Waals surface area contributed by atoms with Crippen molar-refractivity contribution in [3.63, 3.8) is 0 Å². The third-order valence-corrected chi connectivity index (χ3v) is 6.35. The number of rotatable bonds is 9. The van der Waals surface area contributed by atoms with Gasteiger partial charge in [-0.05, 0) is 43.9 Å². The summed E-state index contributed by atoms with van der Waals surface area (Å²) in [5.41, 5.74) is 0.529. The summed E-state index contributed by atoms with van der Waals surface area (Å²) in [5, 5.41) is 9.51. The molecule has 0 fully saturated rings. The predicted molar refractivity (Wildman–Crippen MR) is 145 cm³/mol. The quantitative estimate of drug-likeness (QED) is 0.138. The molecule has 1 aromatic carbocycles. The van der Waals surface area contributed by atoms with E-state index in [1.165, 1.54) is 0 Å². The summed E-state index contributed by atoms with van der Waals surface area (Å²) < 4.78 is 16.2. The molecule has 11 heteroatoms. The summed E-state index contributed by atoms with van der Waals surface area (Å²) in [6.45, 7) is 11.4. The minimum atomic E-state index is -0.871. The maximum absolute atomic E-state index is 13.7. The van der Waals surface area contributed by atoms with Gasteiger partial charge in [0.05, 0.1) is 30.9 Å². The van der Waals surface area contributed by atoms with Crippen molar-refractivity contribution < 1.29 is 28.6 Å². The Balaban J connectivity index is 2.19. The van der Waals surface area contributed by atoms with Crippen LogP contribution in [0.5, 0.6) is 0 Å². The van der Waals surface area contributed by atoms with Gasteiger partial charge in [0.25, 0.3) is 5.56 Å². The third kappa shape index (κ3) is 6.10. The lowest BCUT2D eigenvalue weighted by atomic mass is 9.87. The van der Waals surface area contributed by atoms with Crippen molar-refractivity contribution in [3.8, 4) is 5.69 Å². The SMILES string of the molecule is CCOC(=O)C(=CNc1scc2c(C(=O)OCC)nn(-c3ccc(C(C)(C)C)cc3)c(=O)c12)C(=O)OCC. The van der Waals surface area contributed by atoms with Crippen LogP contribution in [0.25, 0.3) is 16.5 Å². The molecular formula is C27H31N3O7S. The van der Waals surface area contributed by atoms with E-state index in [1.54, 1.807) is 38.3 Å². The standard InChI is InChI=1S/C27H31N3O7S/c1-7-35-24(32)18(25(33)36-8-2)14-28-22-20-19(15-38-22)21(26(34)37-9-3)29-30(23(20)31)17-12-10-16(11-13-17)27(4,5)6/h10-15,28H,7-9H2,1-6H3. The molecule has 0 saturated heterocycles. The second-order valence-corrected chi connectivity index (χ2v) is 9.96. The lowest BCUT2D eigenvalue weighted by molar-refractivity contribution is -0.146. The molecule has 0 aliphatic carbocycles. The van der Waals surface area contributed by atoms with Crippen molar-refractivity contribution in [2.75, 3.05) is 25.1 Å². The first-order valence-electron chi connectivity index (χ1n) is 12.2. The van der Waals surface area contributed by atoms with Crippen LogP contribution in [0.2, 0.25) is 0 Å². The van der Waals surface area contributed by atoms with E-state index in [1.807, 2.05) is 12.1 Å². The first-order chi connectivity index (χ1) is 18.0. The van der Waals surface area contributed by atoms with E-state index in [2.05, 4.69) is 31.2 Å². The molecule has 0 radical (unpaired) electrons. The van der Waals surface area contributed by atoms with Crippen LogP contribution >= 0.6 is 11.3 Å². The number of nitrogens with one attached hydrogen (secondary N) is 1. The van der Waals surface area contributed by atoms with Crippen molar-refractivity contribution >= 4 is 45.0 Å². The van der Waals surface area contributed by atoms with Crippen LogP contribution in [0.3, 0.4) is 0 Å². The van der Waals surface area contributed by atoms with E-state index >= 15 is 0 Å². The summed E-state index contributed by atoms with van der Waals surface area (Å²) in [5.74, 6) is -2.43. The molecule has 0 amide bonds. The van der Waals surface area contributed by atoms with Crippen molar-refractivity contribution in [1.29, 1.82) is 0 Å². The minimum absolute atomic E-state index is 0.0364. The summed E-state index contributed by atoms with van der Waals surface area (Å²) >= 11 is 1.11. The van der Waals surface area contributed by atoms with Crippen LogP contribution in [0, 0.1) is 0 Å². The number of anilines is 1. The Morgan fingerprint density at radius 2 is 1.55 bits per heavy atom. The van der Waals surface area contributed by atoms with Crippen LogP contribution in [0.15, 0.2) is 46.2 Å². The average molecular weight is 542 g/mol. The summed E-state index contributed by atoms with van der Waals surface area (Å²) in [6.07, 6.45) is 1.13. The highest BCUT2D eigenvalue weighted by atomic mass is 32.1. The number of nitrogens with zero attached hydrogens (tertiary/aromatic N) is 2. The Labute approximate surface area is 224 Å². The molecular weight excluding hydrogens is 510 g/mol. The largest absolute Gasteiger partial charge is 0.462 e. The molecule has 0 aliphatic rings. The number of ether oxygens (including phenoxy) is 3. The van der Waals surface area contributed by atoms with Crippen molar-refractivity contribution in [2.24, 2.45) is 0 Å². The fraction of sp³-hybridized carbons (Fsp3) is 0.370. The van der Waals surface area contributed by atoms with E-state index < -0.39 is 23.5 Å². The first kappa shape index (κ1) is 28.6. The third-order valence-electron chi connectivity index (χ3n) is 5.44. The molecule has 1 N–H and O–H groups in total. The zero-order valence-electron chi connectivity index (χ0n) is 22.2. The maximum Gasteiger partial charge on any atom is 0.359 e. The van der Waals surface area contributed by atoms with Crippen LogP contribution in [0.1, 0.15) is 57.6 Å². The molecule has 202 valence electrons. The van der Waals surface area contributed by atoms with Gasteiger partial charge in [0.15, 0.2) is 11.3 Å². The normalized spacial score (nSPS) is 11.1. The van der Waals surface area contributed by atoms with Crippen molar-refractivity contribution in [1.82, 2.24) is 9.78 Å². The predicted octanol–water partition coefficient (Wildman–Crippen LogP) is 4.34. The minimum Gasteiger partial charge on any atom is -0.462 e. The monoisotopic (exact) mass is 541 g/mol. The lowest BCUT2D eigenvalue weighted by Gasteiger charge is -2.19. The van der Waals surface area contributed by atoms with Crippen LogP contribution in [-0.4, -0.2) is 47.5 Å². The second kappa shape index (κ2) is 12.0. The number of carbonyl (C=O) groups is 3. The molecule has 2 aromatic heterocycles. The fourth-order valence-corrected chi connectivity index (χ4v) is 4.45. The van der Waals surface area contributed by atoms with Crippen molar-refractivity contribution in [2.45, 2.75) is 47.0 Å². The Kier molecular flexibility index (Phi) is 9.05. The van der Waals surface area contributed by atoms with Gasteiger partial charge in [-0.3, -0.25) is 4.79 Å². The summed E-state index contributed by atoms with van der Waals surface area (Å²) in [4.78, 5) is 51.1. The van der Waals surface area contributed by atoms with Gasteiger partial charge < -0.3 is 19.5 Å². The lowest BCUT2D eigenvalue weighted by Crippen LogP contribution is -2.25. The molecule has 38 heavy (non-hydrogen) atoms. The van der Waals surface area contributed by atoms with Crippen molar-refractivity contribution in [3.05, 3.63) is 63.0 Å². The first-order valence-corrected chi connectivity index (χ1v) is 13.0. The van der Waals surface area contributed by atoms with Gasteiger partial charge in [-0.25, -0.2) is 14.4 Å². The van der Waals surface area contributed by atoms with Gasteiger partial charge in [-0.2, -0.15) is 9.78 Å². The average Bonchev–Trinajstić information content (AvgIpc) is 3.29. The van der Waals surface area contributed by atoms with E-state index in [0.717, 1.165) is 27.8 Å². The number of aromatic nitrogens is 2. The van der Waals surface area contributed by atoms with E-state index in [0.29, 0.717) is 10.7 Å². The Bertz CT molecular complexity index is 1410. The zero-order valence-corrected chi connectivity index (χ0v) is 23.1. The van der Waals surface area contributed by atoms with E-state index in [4.69, 9.17) is 14.2 Å². The summed E-state index contributed by atoms with van der Waals surface area (Å²) in [7, 11) is 0. The van der Waals surface area contributed by atoms with Crippen LogP contribution in [0.4, 0.5) is 5.00 Å². The molecule has 0 saturated carbocycles.